The van der Waals surface area contributed by atoms with Crippen molar-refractivity contribution >= 4 is 0 Å². The van der Waals surface area contributed by atoms with Crippen molar-refractivity contribution in [2.75, 3.05) is 0 Å². The largest absolute Gasteiger partial charge is 0.507 e. The third kappa shape index (κ3) is 8.89. The number of benzene rings is 5. The summed E-state index contributed by atoms with van der Waals surface area (Å²) >= 11 is 0. The van der Waals surface area contributed by atoms with Gasteiger partial charge in [-0.3, -0.25) is 4.90 Å². The van der Waals surface area contributed by atoms with Crippen molar-refractivity contribution in [2.45, 2.75) is 78.9 Å². The maximum absolute atomic E-state index is 11.6. The number of phenolic OH excluding ortho intramolecular Hbond substituents is 2. The monoisotopic (exact) mass is 627 g/mol. The van der Waals surface area contributed by atoms with E-state index in [0.717, 1.165) is 33.4 Å². The number of aryl methyl sites for hydroxylation is 2. The normalized spacial score (nSPS) is 13.4. The molecule has 0 amide bonds. The van der Waals surface area contributed by atoms with E-state index in [4.69, 9.17) is 0 Å². The first-order chi connectivity index (χ1) is 22.7. The van der Waals surface area contributed by atoms with Gasteiger partial charge in [0.25, 0.3) is 0 Å². The van der Waals surface area contributed by atoms with Crippen LogP contribution in [0.1, 0.15) is 89.0 Å². The van der Waals surface area contributed by atoms with Crippen molar-refractivity contribution in [2.24, 2.45) is 0 Å². The topological polar surface area (TPSA) is 67.8 Å². The van der Waals surface area contributed by atoms with Gasteiger partial charge in [0.05, 0.1) is 0 Å². The second kappa shape index (κ2) is 15.9. The van der Waals surface area contributed by atoms with Crippen LogP contribution in [-0.2, 0) is 26.2 Å². The van der Waals surface area contributed by atoms with Crippen LogP contribution >= 0.6 is 0 Å². The van der Waals surface area contributed by atoms with Gasteiger partial charge in [-0.25, -0.2) is 0 Å². The lowest BCUT2D eigenvalue weighted by Crippen LogP contribution is -2.27. The highest BCUT2D eigenvalue weighted by Crippen LogP contribution is 2.34. The molecule has 0 saturated heterocycles. The number of hydrogen-bond acceptors (Lipinski definition) is 5. The van der Waals surface area contributed by atoms with Gasteiger partial charge in [-0.15, -0.1) is 0 Å². The van der Waals surface area contributed by atoms with E-state index in [2.05, 4.69) is 147 Å². The molecule has 5 aromatic carbocycles. The van der Waals surface area contributed by atoms with Crippen molar-refractivity contribution in [3.63, 3.8) is 0 Å². The molecule has 0 spiro atoms. The summed E-state index contributed by atoms with van der Waals surface area (Å²) in [6.07, 6.45) is 0. The van der Waals surface area contributed by atoms with Gasteiger partial charge < -0.3 is 20.8 Å². The summed E-state index contributed by atoms with van der Waals surface area (Å²) in [5.74, 6) is 0.642. The molecule has 0 saturated carbocycles. The first kappa shape index (κ1) is 33.9. The zero-order valence-corrected chi connectivity index (χ0v) is 28.4. The predicted molar refractivity (Wildman–Crippen MR) is 193 cm³/mol. The summed E-state index contributed by atoms with van der Waals surface area (Å²) in [4.78, 5) is 2.34. The molecule has 0 radical (unpaired) electrons. The maximum atomic E-state index is 11.6. The zero-order valence-electron chi connectivity index (χ0n) is 28.4. The van der Waals surface area contributed by atoms with E-state index in [1.165, 1.54) is 16.7 Å². The highest BCUT2D eigenvalue weighted by molar-refractivity contribution is 5.45. The number of aromatic hydroxyl groups is 2. The molecule has 0 bridgehead atoms. The molecule has 3 atom stereocenters. The lowest BCUT2D eigenvalue weighted by Gasteiger charge is -2.31. The second-order valence-corrected chi connectivity index (χ2v) is 12.9. The average Bonchev–Trinajstić information content (AvgIpc) is 3.09. The SMILES string of the molecule is Cc1cc(CN[C@@H](C)c2ccccc2)c(O)c(CN(Cc2cc(C)cc(CN[C@@H](C)c3ccccc3)c2O)[C@@H](C)c2ccccc2)c1. The highest BCUT2D eigenvalue weighted by Gasteiger charge is 2.22. The zero-order chi connectivity index (χ0) is 33.3. The number of rotatable bonds is 14. The summed E-state index contributed by atoms with van der Waals surface area (Å²) in [6, 6.07) is 39.8. The van der Waals surface area contributed by atoms with Crippen molar-refractivity contribution in [3.05, 3.63) is 165 Å². The molecular formula is C42H49N3O2. The van der Waals surface area contributed by atoms with E-state index < -0.39 is 0 Å². The molecule has 0 aliphatic rings. The Morgan fingerprint density at radius 3 is 1.23 bits per heavy atom. The molecule has 0 unspecified atom stereocenters. The Bertz CT molecular complexity index is 1620. The van der Waals surface area contributed by atoms with Crippen molar-refractivity contribution in [1.29, 1.82) is 0 Å². The summed E-state index contributed by atoms with van der Waals surface area (Å²) in [6.45, 7) is 12.8. The summed E-state index contributed by atoms with van der Waals surface area (Å²) in [5.41, 5.74) is 9.34. The van der Waals surface area contributed by atoms with Crippen LogP contribution in [0.5, 0.6) is 11.5 Å². The van der Waals surface area contributed by atoms with Crippen LogP contribution in [-0.4, -0.2) is 15.1 Å². The van der Waals surface area contributed by atoms with Gasteiger partial charge in [0.15, 0.2) is 0 Å². The third-order valence-corrected chi connectivity index (χ3v) is 9.20. The quantitative estimate of drug-likeness (QED) is 0.0989. The van der Waals surface area contributed by atoms with Gasteiger partial charge in [0.2, 0.25) is 0 Å². The van der Waals surface area contributed by atoms with Crippen molar-refractivity contribution in [1.82, 2.24) is 15.5 Å². The molecule has 0 aromatic heterocycles. The minimum Gasteiger partial charge on any atom is -0.507 e. The molecule has 0 heterocycles. The molecule has 5 nitrogen and oxygen atoms in total. The summed E-state index contributed by atoms with van der Waals surface area (Å²) in [7, 11) is 0. The lowest BCUT2D eigenvalue weighted by atomic mass is 9.99. The smallest absolute Gasteiger partial charge is 0.124 e. The van der Waals surface area contributed by atoms with Crippen LogP contribution in [0.4, 0.5) is 0 Å². The first-order valence-electron chi connectivity index (χ1n) is 16.7. The maximum Gasteiger partial charge on any atom is 0.124 e. The fourth-order valence-electron chi connectivity index (χ4n) is 6.33. The average molecular weight is 628 g/mol. The van der Waals surface area contributed by atoms with Crippen molar-refractivity contribution in [3.8, 4) is 11.5 Å². The van der Waals surface area contributed by atoms with Crippen LogP contribution in [0.15, 0.2) is 115 Å². The molecule has 5 heteroatoms. The Labute approximate surface area is 280 Å². The predicted octanol–water partition coefficient (Wildman–Crippen LogP) is 9.18. The van der Waals surface area contributed by atoms with Gasteiger partial charge in [-0.2, -0.15) is 0 Å². The first-order valence-corrected chi connectivity index (χ1v) is 16.7. The third-order valence-electron chi connectivity index (χ3n) is 9.20. The van der Waals surface area contributed by atoms with Crippen LogP contribution in [0, 0.1) is 13.8 Å². The van der Waals surface area contributed by atoms with Crippen molar-refractivity contribution < 1.29 is 10.2 Å². The van der Waals surface area contributed by atoms with Gasteiger partial charge in [0, 0.05) is 66.6 Å². The fourth-order valence-corrected chi connectivity index (χ4v) is 6.33. The van der Waals surface area contributed by atoms with E-state index in [1.807, 2.05) is 18.2 Å². The lowest BCUT2D eigenvalue weighted by molar-refractivity contribution is 0.187. The van der Waals surface area contributed by atoms with Crippen LogP contribution in [0.3, 0.4) is 0 Å². The minimum absolute atomic E-state index is 0.0374. The highest BCUT2D eigenvalue weighted by atomic mass is 16.3. The number of hydrogen-bond donors (Lipinski definition) is 4. The van der Waals surface area contributed by atoms with Gasteiger partial charge in [-0.1, -0.05) is 126 Å². The van der Waals surface area contributed by atoms with Gasteiger partial charge in [-0.05, 0) is 51.3 Å². The fraction of sp³-hybridized carbons (Fsp3) is 0.286. The van der Waals surface area contributed by atoms with Crippen LogP contribution in [0.2, 0.25) is 0 Å². The van der Waals surface area contributed by atoms with E-state index in [9.17, 15) is 10.2 Å². The minimum atomic E-state index is 0.0374. The van der Waals surface area contributed by atoms with E-state index in [-0.39, 0.29) is 18.1 Å². The Hall–Kier alpha value is -4.42. The molecule has 244 valence electrons. The summed E-state index contributed by atoms with van der Waals surface area (Å²) < 4.78 is 0. The molecule has 0 fully saturated rings. The number of nitrogens with zero attached hydrogens (tertiary/aromatic N) is 1. The molecular weight excluding hydrogens is 578 g/mol. The Morgan fingerprint density at radius 1 is 0.511 bits per heavy atom. The van der Waals surface area contributed by atoms with Gasteiger partial charge >= 0.3 is 0 Å². The van der Waals surface area contributed by atoms with E-state index in [0.29, 0.717) is 37.7 Å². The second-order valence-electron chi connectivity index (χ2n) is 12.9. The van der Waals surface area contributed by atoms with Gasteiger partial charge in [0.1, 0.15) is 11.5 Å². The molecule has 5 aromatic rings. The standard InChI is InChI=1S/C42H49N3O2/c1-29-21-37(25-43-31(3)34-15-9-6-10-16-34)41(46)39(23-29)27-45(33(5)36-19-13-8-14-20-36)28-40-24-30(2)22-38(42(40)47)26-44-32(4)35-17-11-7-12-18-35/h6-24,31-33,43-44,46-47H,25-28H2,1-5H3/t31-,32-,33-/m0/s1. The van der Waals surface area contributed by atoms with Crippen LogP contribution in [0.25, 0.3) is 0 Å². The molecule has 4 N–H and O–H groups in total. The number of phenols is 2. The van der Waals surface area contributed by atoms with Crippen LogP contribution < -0.4 is 10.6 Å². The van der Waals surface area contributed by atoms with E-state index >= 15 is 0 Å². The Morgan fingerprint density at radius 2 is 0.851 bits per heavy atom. The number of nitrogens with one attached hydrogen (secondary N) is 2. The summed E-state index contributed by atoms with van der Waals surface area (Å²) in [5, 5.41) is 30.4. The molecule has 0 aliphatic heterocycles. The Balaban J connectivity index is 1.40. The van der Waals surface area contributed by atoms with E-state index in [1.54, 1.807) is 0 Å². The molecule has 5 rings (SSSR count). The molecule has 47 heavy (non-hydrogen) atoms. The molecule has 0 aliphatic carbocycles. The Kier molecular flexibility index (Phi) is 11.5.